The molecule has 0 aliphatic carbocycles. The second-order valence-electron chi connectivity index (χ2n) is 3.64. The number of carboxylic acids is 1. The van der Waals surface area contributed by atoms with Crippen molar-refractivity contribution in [1.82, 2.24) is 9.97 Å². The van der Waals surface area contributed by atoms with Crippen LogP contribution in [-0.2, 0) is 6.54 Å². The van der Waals surface area contributed by atoms with Crippen LogP contribution >= 0.6 is 22.9 Å². The van der Waals surface area contributed by atoms with Crippen LogP contribution in [0.3, 0.4) is 0 Å². The molecular weight excluding hydrogens is 274 g/mol. The lowest BCUT2D eigenvalue weighted by atomic mass is 10.2. The van der Waals surface area contributed by atoms with Gasteiger partial charge in [0.1, 0.15) is 5.82 Å². The first kappa shape index (κ1) is 12.8. The molecule has 5 nitrogen and oxygen atoms in total. The van der Waals surface area contributed by atoms with Gasteiger partial charge in [-0.25, -0.2) is 14.8 Å². The molecule has 7 heteroatoms. The molecule has 0 fully saturated rings. The van der Waals surface area contributed by atoms with Crippen molar-refractivity contribution in [1.29, 1.82) is 0 Å². The summed E-state index contributed by atoms with van der Waals surface area (Å²) < 4.78 is 0. The predicted molar refractivity (Wildman–Crippen MR) is 70.4 cm³/mol. The normalized spacial score (nSPS) is 10.3. The van der Waals surface area contributed by atoms with Crippen molar-refractivity contribution in [2.75, 3.05) is 11.9 Å². The van der Waals surface area contributed by atoms with Crippen molar-refractivity contribution in [3.63, 3.8) is 0 Å². The topological polar surface area (TPSA) is 66.3 Å². The Labute approximate surface area is 113 Å². The van der Waals surface area contributed by atoms with Crippen LogP contribution < -0.4 is 4.90 Å². The third kappa shape index (κ3) is 2.60. The molecule has 2 rings (SSSR count). The number of rotatable bonds is 4. The maximum Gasteiger partial charge on any atom is 0.337 e. The number of carboxylic acid groups (broad SMARTS) is 1. The fourth-order valence-corrected chi connectivity index (χ4v) is 2.38. The first-order valence-electron chi connectivity index (χ1n) is 5.05. The second-order valence-corrected chi connectivity index (χ2v) is 4.73. The molecule has 2 heterocycles. The number of hydrogen-bond acceptors (Lipinski definition) is 5. The highest BCUT2D eigenvalue weighted by Crippen LogP contribution is 2.27. The highest BCUT2D eigenvalue weighted by Gasteiger charge is 2.16. The summed E-state index contributed by atoms with van der Waals surface area (Å²) in [5.41, 5.74) is 2.68. The van der Waals surface area contributed by atoms with Gasteiger partial charge in [-0.2, -0.15) is 0 Å². The second kappa shape index (κ2) is 5.32. The summed E-state index contributed by atoms with van der Waals surface area (Å²) in [5.74, 6) is -0.629. The zero-order chi connectivity index (χ0) is 13.1. The van der Waals surface area contributed by atoms with Gasteiger partial charge in [0.25, 0.3) is 0 Å². The van der Waals surface area contributed by atoms with Crippen LogP contribution in [0.5, 0.6) is 0 Å². The average molecular weight is 284 g/mol. The smallest absolute Gasteiger partial charge is 0.337 e. The minimum absolute atomic E-state index is 0.0480. The standard InChI is InChI=1S/C11H10ClN3O2S/c1-15(4-7-5-18-6-14-7)10-9(12)8(11(16)17)2-3-13-10/h2-3,5-6H,4H2,1H3,(H,16,17). The molecular formula is C11H10ClN3O2S. The van der Waals surface area contributed by atoms with Gasteiger partial charge in [0.2, 0.25) is 0 Å². The first-order chi connectivity index (χ1) is 8.59. The van der Waals surface area contributed by atoms with Gasteiger partial charge in [-0.3, -0.25) is 0 Å². The van der Waals surface area contributed by atoms with E-state index in [1.165, 1.54) is 23.6 Å². The third-order valence-corrected chi connectivity index (χ3v) is 3.35. The molecule has 2 aromatic rings. The molecule has 1 N–H and O–H groups in total. The zero-order valence-corrected chi connectivity index (χ0v) is 11.1. The summed E-state index contributed by atoms with van der Waals surface area (Å²) in [5, 5.41) is 11.1. The van der Waals surface area contributed by atoms with Crippen LogP contribution in [0.2, 0.25) is 5.02 Å². The molecule has 0 aliphatic rings. The zero-order valence-electron chi connectivity index (χ0n) is 9.50. The van der Waals surface area contributed by atoms with E-state index in [0.29, 0.717) is 12.4 Å². The van der Waals surface area contributed by atoms with Crippen molar-refractivity contribution in [2.45, 2.75) is 6.54 Å². The Balaban J connectivity index is 2.27. The predicted octanol–water partition coefficient (Wildman–Crippen LogP) is 2.53. The number of hydrogen-bond donors (Lipinski definition) is 1. The number of aromatic nitrogens is 2. The Morgan fingerprint density at radius 3 is 2.94 bits per heavy atom. The van der Waals surface area contributed by atoms with Gasteiger partial charge in [-0.1, -0.05) is 11.6 Å². The Morgan fingerprint density at radius 2 is 2.33 bits per heavy atom. The number of pyridine rings is 1. The maximum atomic E-state index is 11.0. The van der Waals surface area contributed by atoms with E-state index >= 15 is 0 Å². The van der Waals surface area contributed by atoms with Crippen LogP contribution in [0.1, 0.15) is 16.1 Å². The van der Waals surface area contributed by atoms with Gasteiger partial charge in [0.15, 0.2) is 0 Å². The van der Waals surface area contributed by atoms with E-state index in [0.717, 1.165) is 5.69 Å². The van der Waals surface area contributed by atoms with E-state index in [1.54, 1.807) is 17.5 Å². The van der Waals surface area contributed by atoms with Crippen LogP contribution in [0.15, 0.2) is 23.2 Å². The molecule has 0 radical (unpaired) electrons. The van der Waals surface area contributed by atoms with E-state index in [-0.39, 0.29) is 10.6 Å². The van der Waals surface area contributed by atoms with Gasteiger partial charge in [-0.15, -0.1) is 11.3 Å². The lowest BCUT2D eigenvalue weighted by molar-refractivity contribution is 0.0697. The van der Waals surface area contributed by atoms with Gasteiger partial charge in [0, 0.05) is 18.6 Å². The van der Waals surface area contributed by atoms with Crippen LogP contribution in [0.4, 0.5) is 5.82 Å². The highest BCUT2D eigenvalue weighted by atomic mass is 35.5. The number of thiazole rings is 1. The maximum absolute atomic E-state index is 11.0. The van der Waals surface area contributed by atoms with Crippen molar-refractivity contribution >= 4 is 34.7 Å². The fraction of sp³-hybridized carbons (Fsp3) is 0.182. The molecule has 0 spiro atoms. The summed E-state index contributed by atoms with van der Waals surface area (Å²) in [7, 11) is 1.79. The Kier molecular flexibility index (Phi) is 3.78. The Hall–Kier alpha value is -1.66. The minimum atomic E-state index is -1.06. The number of carbonyl (C=O) groups is 1. The lowest BCUT2D eigenvalue weighted by Crippen LogP contribution is -2.19. The van der Waals surface area contributed by atoms with Crippen LogP contribution in [0, 0.1) is 0 Å². The quantitative estimate of drug-likeness (QED) is 0.934. The number of nitrogens with zero attached hydrogens (tertiary/aromatic N) is 3. The van der Waals surface area contributed by atoms with Crippen LogP contribution in [-0.4, -0.2) is 28.1 Å². The minimum Gasteiger partial charge on any atom is -0.478 e. The Bertz CT molecular complexity index is 559. The molecule has 0 aromatic carbocycles. The van der Waals surface area contributed by atoms with Crippen molar-refractivity contribution in [3.05, 3.63) is 39.4 Å². The molecule has 0 aliphatic heterocycles. The molecule has 0 unspecified atom stereocenters. The van der Waals surface area contributed by atoms with Gasteiger partial charge in [-0.05, 0) is 6.07 Å². The largest absolute Gasteiger partial charge is 0.478 e. The van der Waals surface area contributed by atoms with E-state index in [2.05, 4.69) is 9.97 Å². The van der Waals surface area contributed by atoms with E-state index < -0.39 is 5.97 Å². The van der Waals surface area contributed by atoms with Crippen LogP contribution in [0.25, 0.3) is 0 Å². The molecule has 94 valence electrons. The van der Waals surface area contributed by atoms with Crippen molar-refractivity contribution < 1.29 is 9.90 Å². The molecule has 18 heavy (non-hydrogen) atoms. The van der Waals surface area contributed by atoms with Crippen molar-refractivity contribution in [2.24, 2.45) is 0 Å². The molecule has 0 atom stereocenters. The van der Waals surface area contributed by atoms with Gasteiger partial charge >= 0.3 is 5.97 Å². The molecule has 0 bridgehead atoms. The van der Waals surface area contributed by atoms with E-state index in [1.807, 2.05) is 5.38 Å². The third-order valence-electron chi connectivity index (χ3n) is 2.35. The molecule has 0 saturated heterocycles. The summed E-state index contributed by atoms with van der Waals surface area (Å²) in [6.07, 6.45) is 1.43. The molecule has 0 amide bonds. The summed E-state index contributed by atoms with van der Waals surface area (Å²) >= 11 is 7.54. The molecule has 2 aromatic heterocycles. The SMILES string of the molecule is CN(Cc1cscn1)c1nccc(C(=O)O)c1Cl. The monoisotopic (exact) mass is 283 g/mol. The lowest BCUT2D eigenvalue weighted by Gasteiger charge is -2.18. The van der Waals surface area contributed by atoms with Gasteiger partial charge in [0.05, 0.1) is 28.3 Å². The number of anilines is 1. The summed E-state index contributed by atoms with van der Waals surface area (Å²) in [4.78, 5) is 21.0. The number of halogens is 1. The highest BCUT2D eigenvalue weighted by molar-refractivity contribution is 7.07. The van der Waals surface area contributed by atoms with Gasteiger partial charge < -0.3 is 10.0 Å². The molecule has 0 saturated carbocycles. The summed E-state index contributed by atoms with van der Waals surface area (Å²) in [6.45, 7) is 0.527. The first-order valence-corrected chi connectivity index (χ1v) is 6.37. The van der Waals surface area contributed by atoms with E-state index in [4.69, 9.17) is 16.7 Å². The summed E-state index contributed by atoms with van der Waals surface area (Å²) in [6, 6.07) is 1.38. The average Bonchev–Trinajstić information content (AvgIpc) is 2.81. The van der Waals surface area contributed by atoms with Crippen molar-refractivity contribution in [3.8, 4) is 0 Å². The number of aromatic carboxylic acids is 1. The fourth-order valence-electron chi connectivity index (χ4n) is 1.50. The van der Waals surface area contributed by atoms with E-state index in [9.17, 15) is 4.79 Å². The Morgan fingerprint density at radius 1 is 1.56 bits per heavy atom.